The number of hydrogen-bond donors (Lipinski definition) is 1. The van der Waals surface area contributed by atoms with Gasteiger partial charge in [-0.1, -0.05) is 18.2 Å². The molecule has 1 amide bonds. The largest absolute Gasteiger partial charge is 0.495 e. The smallest absolute Gasteiger partial charge is 0.246 e. The minimum absolute atomic E-state index is 0.0415. The number of nitrogens with one attached hydrogen (secondary N) is 1. The minimum atomic E-state index is -3.86. The summed E-state index contributed by atoms with van der Waals surface area (Å²) < 4.78 is 31.8. The lowest BCUT2D eigenvalue weighted by Gasteiger charge is -2.19. The van der Waals surface area contributed by atoms with Crippen LogP contribution in [0.25, 0.3) is 0 Å². The van der Waals surface area contributed by atoms with Crippen LogP contribution in [0.4, 0.5) is 5.69 Å². The lowest BCUT2D eigenvalue weighted by molar-refractivity contribution is -0.116. The van der Waals surface area contributed by atoms with E-state index in [2.05, 4.69) is 5.32 Å². The van der Waals surface area contributed by atoms with Crippen molar-refractivity contribution in [3.05, 3.63) is 48.0 Å². The fourth-order valence-corrected chi connectivity index (χ4v) is 4.30. The average molecular weight is 395 g/mol. The van der Waals surface area contributed by atoms with Gasteiger partial charge in [0, 0.05) is 11.9 Å². The summed E-state index contributed by atoms with van der Waals surface area (Å²) in [5.41, 5.74) is 1.44. The van der Waals surface area contributed by atoms with Crippen molar-refractivity contribution in [3.8, 4) is 5.75 Å². The summed E-state index contributed by atoms with van der Waals surface area (Å²) in [5.74, 6) is -0.167. The summed E-state index contributed by atoms with van der Waals surface area (Å²) in [6.45, 7) is 1.49. The second-order valence-corrected chi connectivity index (χ2v) is 8.53. The van der Waals surface area contributed by atoms with Gasteiger partial charge in [0.15, 0.2) is 0 Å². The van der Waals surface area contributed by atoms with Crippen LogP contribution >= 0.6 is 11.8 Å². The predicted molar refractivity (Wildman–Crippen MR) is 104 cm³/mol. The summed E-state index contributed by atoms with van der Waals surface area (Å²) in [4.78, 5) is 13.3. The number of thioether (sulfide) groups is 1. The number of aryl methyl sites for hydroxylation is 1. The molecule has 0 aromatic heterocycles. The van der Waals surface area contributed by atoms with Crippen LogP contribution in [0.3, 0.4) is 0 Å². The topological polar surface area (TPSA) is 75.7 Å². The van der Waals surface area contributed by atoms with Crippen molar-refractivity contribution in [2.75, 3.05) is 32.3 Å². The molecule has 2 rings (SSSR count). The van der Waals surface area contributed by atoms with Gasteiger partial charge in [-0.2, -0.15) is 4.31 Å². The lowest BCUT2D eigenvalue weighted by Crippen LogP contribution is -2.35. The van der Waals surface area contributed by atoms with Gasteiger partial charge in [-0.3, -0.25) is 4.79 Å². The molecule has 0 bridgehead atoms. The Kier molecular flexibility index (Phi) is 6.69. The third-order valence-electron chi connectivity index (χ3n) is 3.75. The van der Waals surface area contributed by atoms with Crippen molar-refractivity contribution < 1.29 is 17.9 Å². The van der Waals surface area contributed by atoms with E-state index in [1.807, 2.05) is 24.5 Å². The highest BCUT2D eigenvalue weighted by atomic mass is 32.2. The summed E-state index contributed by atoms with van der Waals surface area (Å²) in [6.07, 6.45) is 1.91. The summed E-state index contributed by atoms with van der Waals surface area (Å²) in [7, 11) is -1.08. The Morgan fingerprint density at radius 2 is 1.92 bits per heavy atom. The number of hydrogen-bond acceptors (Lipinski definition) is 5. The van der Waals surface area contributed by atoms with Gasteiger partial charge >= 0.3 is 0 Å². The van der Waals surface area contributed by atoms with Crippen LogP contribution in [-0.2, 0) is 14.8 Å². The van der Waals surface area contributed by atoms with Crippen molar-refractivity contribution in [3.63, 3.8) is 0 Å². The van der Waals surface area contributed by atoms with E-state index in [4.69, 9.17) is 4.74 Å². The highest BCUT2D eigenvalue weighted by Gasteiger charge is 2.26. The van der Waals surface area contributed by atoms with E-state index in [9.17, 15) is 13.2 Å². The van der Waals surface area contributed by atoms with Crippen molar-refractivity contribution in [2.45, 2.75) is 16.7 Å². The molecule has 0 fully saturated rings. The minimum Gasteiger partial charge on any atom is -0.495 e. The number of sulfonamides is 1. The first-order valence-electron chi connectivity index (χ1n) is 7.83. The maximum Gasteiger partial charge on any atom is 0.246 e. The second kappa shape index (κ2) is 8.57. The Hall–Kier alpha value is -2.03. The van der Waals surface area contributed by atoms with E-state index in [0.29, 0.717) is 5.69 Å². The molecule has 1 N–H and O–H groups in total. The molecule has 0 saturated carbocycles. The third kappa shape index (κ3) is 4.57. The number of amides is 1. The van der Waals surface area contributed by atoms with Gasteiger partial charge in [0.1, 0.15) is 10.6 Å². The van der Waals surface area contributed by atoms with E-state index in [0.717, 1.165) is 14.8 Å². The van der Waals surface area contributed by atoms with Crippen LogP contribution in [-0.4, -0.2) is 45.6 Å². The predicted octanol–water partition coefficient (Wildman–Crippen LogP) is 2.98. The number of likely N-dealkylation sites (N-methyl/N-ethyl adjacent to an activating group) is 1. The Morgan fingerprint density at radius 3 is 2.58 bits per heavy atom. The first-order chi connectivity index (χ1) is 12.3. The van der Waals surface area contributed by atoms with E-state index < -0.39 is 15.9 Å². The highest BCUT2D eigenvalue weighted by molar-refractivity contribution is 7.98. The first-order valence-corrected chi connectivity index (χ1v) is 10.5. The molecular formula is C18H22N2O4S2. The van der Waals surface area contributed by atoms with Gasteiger partial charge in [-0.15, -0.1) is 11.8 Å². The lowest BCUT2D eigenvalue weighted by atomic mass is 10.2. The number of methoxy groups -OCH3 is 1. The van der Waals surface area contributed by atoms with Crippen LogP contribution in [0.2, 0.25) is 0 Å². The zero-order chi connectivity index (χ0) is 19.3. The van der Waals surface area contributed by atoms with Crippen LogP contribution in [0.5, 0.6) is 5.75 Å². The average Bonchev–Trinajstić information content (AvgIpc) is 2.61. The standard InChI is InChI=1S/C18H22N2O4S2/c1-13-9-10-15(24-3)17(11-13)26(22,23)20(2)12-18(21)19-14-7-5-6-8-16(14)25-4/h5-11H,12H2,1-4H3,(H,19,21). The molecule has 0 spiro atoms. The number of nitrogens with zero attached hydrogens (tertiary/aromatic N) is 1. The van der Waals surface area contributed by atoms with Crippen molar-refractivity contribution >= 4 is 33.4 Å². The van der Waals surface area contributed by atoms with Gasteiger partial charge in [-0.05, 0) is 43.0 Å². The number of ether oxygens (including phenoxy) is 1. The fraction of sp³-hybridized carbons (Fsp3) is 0.278. The van der Waals surface area contributed by atoms with Crippen LogP contribution in [0.15, 0.2) is 52.3 Å². The molecule has 6 nitrogen and oxygen atoms in total. The Labute approximate surface area is 158 Å². The number of carbonyl (C=O) groups excluding carboxylic acids is 1. The molecule has 0 saturated heterocycles. The maximum absolute atomic E-state index is 12.8. The number of para-hydroxylation sites is 1. The summed E-state index contributed by atoms with van der Waals surface area (Å²) in [6, 6.07) is 12.3. The monoisotopic (exact) mass is 394 g/mol. The van der Waals surface area contributed by atoms with Crippen LogP contribution < -0.4 is 10.1 Å². The molecule has 0 unspecified atom stereocenters. The fourth-order valence-electron chi connectivity index (χ4n) is 2.38. The molecule has 2 aromatic rings. The Bertz CT molecular complexity index is 898. The van der Waals surface area contributed by atoms with Gasteiger partial charge < -0.3 is 10.1 Å². The summed E-state index contributed by atoms with van der Waals surface area (Å²) in [5, 5.41) is 2.76. The molecule has 26 heavy (non-hydrogen) atoms. The Morgan fingerprint density at radius 1 is 1.23 bits per heavy atom. The van der Waals surface area contributed by atoms with Crippen LogP contribution in [0.1, 0.15) is 5.56 Å². The summed E-state index contributed by atoms with van der Waals surface area (Å²) >= 11 is 1.50. The third-order valence-corrected chi connectivity index (χ3v) is 6.38. The molecule has 0 heterocycles. The van der Waals surface area contributed by atoms with E-state index in [1.165, 1.54) is 32.0 Å². The second-order valence-electron chi connectivity index (χ2n) is 5.66. The number of benzene rings is 2. The zero-order valence-electron chi connectivity index (χ0n) is 15.1. The van der Waals surface area contributed by atoms with Crippen LogP contribution in [0, 0.1) is 6.92 Å². The van der Waals surface area contributed by atoms with Crippen molar-refractivity contribution in [1.29, 1.82) is 0 Å². The molecule has 8 heteroatoms. The number of carbonyl (C=O) groups is 1. The van der Waals surface area contributed by atoms with E-state index in [-0.39, 0.29) is 17.2 Å². The normalized spacial score (nSPS) is 11.4. The molecule has 140 valence electrons. The Balaban J connectivity index is 2.19. The van der Waals surface area contributed by atoms with E-state index in [1.54, 1.807) is 25.1 Å². The molecule has 0 aliphatic rings. The van der Waals surface area contributed by atoms with Gasteiger partial charge in [0.2, 0.25) is 15.9 Å². The first kappa shape index (κ1) is 20.3. The zero-order valence-corrected chi connectivity index (χ0v) is 16.8. The molecule has 0 radical (unpaired) electrons. The number of anilines is 1. The maximum atomic E-state index is 12.8. The van der Waals surface area contributed by atoms with Gasteiger partial charge in [0.05, 0.1) is 19.3 Å². The molecule has 0 aliphatic carbocycles. The molecular weight excluding hydrogens is 372 g/mol. The SMILES string of the molecule is COc1ccc(C)cc1S(=O)(=O)N(C)CC(=O)Nc1ccccc1SC. The van der Waals surface area contributed by atoms with Crippen molar-refractivity contribution in [2.24, 2.45) is 0 Å². The van der Waals surface area contributed by atoms with E-state index >= 15 is 0 Å². The quantitative estimate of drug-likeness (QED) is 0.731. The van der Waals surface area contributed by atoms with Gasteiger partial charge in [0.25, 0.3) is 0 Å². The highest BCUT2D eigenvalue weighted by Crippen LogP contribution is 2.27. The van der Waals surface area contributed by atoms with Crippen molar-refractivity contribution in [1.82, 2.24) is 4.31 Å². The molecule has 0 aliphatic heterocycles. The van der Waals surface area contributed by atoms with Gasteiger partial charge in [-0.25, -0.2) is 8.42 Å². The molecule has 2 aromatic carbocycles. The molecule has 0 atom stereocenters. The number of rotatable bonds is 7.